The third-order valence-corrected chi connectivity index (χ3v) is 15.9. The zero-order chi connectivity index (χ0) is 46.1. The van der Waals surface area contributed by atoms with Gasteiger partial charge in [0.2, 0.25) is 11.8 Å². The van der Waals surface area contributed by atoms with Gasteiger partial charge in [-0.25, -0.2) is 9.97 Å². The van der Waals surface area contributed by atoms with E-state index in [1.807, 2.05) is 17.3 Å². The second-order valence-electron chi connectivity index (χ2n) is 20.3. The summed E-state index contributed by atoms with van der Waals surface area (Å²) in [4.78, 5) is 59.2. The number of nitrogens with zero attached hydrogens (tertiary/aromatic N) is 8. The van der Waals surface area contributed by atoms with Crippen molar-refractivity contribution in [3.63, 3.8) is 0 Å². The average Bonchev–Trinajstić information content (AvgIpc) is 4.24. The van der Waals surface area contributed by atoms with E-state index in [0.29, 0.717) is 18.8 Å². The van der Waals surface area contributed by atoms with E-state index >= 15 is 0 Å². The molecule has 6 heterocycles. The Morgan fingerprint density at radius 2 is 1.03 bits per heavy atom. The van der Waals surface area contributed by atoms with Gasteiger partial charge in [0.15, 0.2) is 0 Å². The molecule has 68 heavy (non-hydrogen) atoms. The van der Waals surface area contributed by atoms with Crippen LogP contribution in [0.25, 0.3) is 33.6 Å². The molecule has 4 saturated heterocycles. The number of nitrogens with one attached hydrogen (secondary N) is 2. The monoisotopic (exact) mass is 911 g/mol. The van der Waals surface area contributed by atoms with Crippen LogP contribution in [0.4, 0.5) is 0 Å². The number of likely N-dealkylation sites (N-methyl/N-ethyl adjacent to an activating group) is 2. The Balaban J connectivity index is 0.720. The third-order valence-electron chi connectivity index (χ3n) is 15.9. The van der Waals surface area contributed by atoms with Crippen LogP contribution in [-0.2, 0) is 35.5 Å². The minimum atomic E-state index is -0.0510. The number of piperazine rings is 2. The first-order chi connectivity index (χ1) is 33.3. The molecule has 6 aromatic rings. The number of imidazole rings is 2. The predicted octanol–water partition coefficient (Wildman–Crippen LogP) is 7.83. The van der Waals surface area contributed by atoms with Crippen molar-refractivity contribution in [3.8, 4) is 33.6 Å². The van der Waals surface area contributed by atoms with Gasteiger partial charge < -0.3 is 29.6 Å². The van der Waals surface area contributed by atoms with Gasteiger partial charge in [-0.15, -0.1) is 0 Å². The van der Waals surface area contributed by atoms with Gasteiger partial charge in [0.1, 0.15) is 11.6 Å². The number of amides is 2. The first-order valence-electron chi connectivity index (χ1n) is 25.2. The van der Waals surface area contributed by atoms with Gasteiger partial charge in [-0.2, -0.15) is 0 Å². The highest BCUT2D eigenvalue weighted by Crippen LogP contribution is 2.50. The molecule has 4 atom stereocenters. The fraction of sp³-hybridized carbons (Fsp3) is 0.429. The normalized spacial score (nSPS) is 22.7. The third kappa shape index (κ3) is 9.44. The molecule has 1 saturated carbocycles. The van der Waals surface area contributed by atoms with E-state index in [1.165, 1.54) is 11.1 Å². The summed E-state index contributed by atoms with van der Waals surface area (Å²) in [6.45, 7) is 11.1. The molecule has 1 aliphatic carbocycles. The number of carbonyl (C=O) groups excluding carboxylic acids is 2. The molecule has 4 aromatic carbocycles. The first kappa shape index (κ1) is 44.6. The lowest BCUT2D eigenvalue weighted by Gasteiger charge is -2.35. The van der Waals surface area contributed by atoms with Crippen molar-refractivity contribution < 1.29 is 9.59 Å². The summed E-state index contributed by atoms with van der Waals surface area (Å²) in [5.74, 6) is 2.57. The Morgan fingerprint density at radius 1 is 0.544 bits per heavy atom. The number of benzene rings is 4. The van der Waals surface area contributed by atoms with Crippen LogP contribution in [0.3, 0.4) is 0 Å². The van der Waals surface area contributed by atoms with E-state index < -0.39 is 0 Å². The summed E-state index contributed by atoms with van der Waals surface area (Å²) >= 11 is 0. The van der Waals surface area contributed by atoms with Crippen molar-refractivity contribution in [3.05, 3.63) is 143 Å². The van der Waals surface area contributed by atoms with Crippen LogP contribution in [0, 0.1) is 5.92 Å². The van der Waals surface area contributed by atoms with Gasteiger partial charge in [0.25, 0.3) is 0 Å². The number of piperidine rings is 1. The summed E-state index contributed by atoms with van der Waals surface area (Å²) in [6, 6.07) is 34.5. The highest BCUT2D eigenvalue weighted by atomic mass is 16.2. The summed E-state index contributed by atoms with van der Waals surface area (Å²) in [6.07, 6.45) is 9.83. The molecule has 12 heteroatoms. The average molecular weight is 911 g/mol. The maximum absolute atomic E-state index is 14.3. The Hall–Kier alpha value is -5.92. The molecule has 2 aromatic heterocycles. The Kier molecular flexibility index (Phi) is 12.8. The van der Waals surface area contributed by atoms with Gasteiger partial charge >= 0.3 is 0 Å². The Morgan fingerprint density at radius 3 is 1.59 bits per heavy atom. The molecule has 0 unspecified atom stereocenters. The number of hydrogen-bond donors (Lipinski definition) is 2. The molecule has 2 N–H and O–H groups in total. The number of fused-ring (bicyclic) bond motifs is 2. The number of likely N-dealkylation sites (tertiary alicyclic amines) is 2. The molecule has 0 radical (unpaired) electrons. The van der Waals surface area contributed by atoms with Gasteiger partial charge in [-0.1, -0.05) is 97.1 Å². The number of aromatic nitrogens is 4. The molecule has 352 valence electrons. The van der Waals surface area contributed by atoms with E-state index in [9.17, 15) is 9.59 Å². The predicted molar refractivity (Wildman–Crippen MR) is 267 cm³/mol. The summed E-state index contributed by atoms with van der Waals surface area (Å²) in [5, 5.41) is 0. The molecule has 2 bridgehead atoms. The maximum atomic E-state index is 14.3. The van der Waals surface area contributed by atoms with Crippen molar-refractivity contribution in [1.82, 2.24) is 49.3 Å². The second-order valence-corrected chi connectivity index (χ2v) is 20.3. The van der Waals surface area contributed by atoms with Crippen LogP contribution in [0.2, 0.25) is 0 Å². The zero-order valence-electron chi connectivity index (χ0n) is 39.8. The highest BCUT2D eigenvalue weighted by molar-refractivity contribution is 5.81. The van der Waals surface area contributed by atoms with Crippen molar-refractivity contribution in [2.24, 2.45) is 5.92 Å². The maximum Gasteiger partial charge on any atom is 0.227 e. The number of aromatic amines is 2. The minimum Gasteiger partial charge on any atom is -0.340 e. The number of H-pyrrole nitrogens is 2. The van der Waals surface area contributed by atoms with Crippen LogP contribution in [0.15, 0.2) is 109 Å². The number of rotatable bonds is 13. The lowest BCUT2D eigenvalue weighted by atomic mass is 9.96. The van der Waals surface area contributed by atoms with Gasteiger partial charge in [0.05, 0.1) is 48.7 Å². The lowest BCUT2D eigenvalue weighted by Crippen LogP contribution is -2.44. The molecule has 2 amide bonds. The van der Waals surface area contributed by atoms with E-state index in [0.717, 1.165) is 161 Å². The number of hydrogen-bond acceptors (Lipinski definition) is 8. The van der Waals surface area contributed by atoms with Crippen molar-refractivity contribution in [1.29, 1.82) is 0 Å². The first-order valence-corrected chi connectivity index (χ1v) is 25.2. The van der Waals surface area contributed by atoms with E-state index in [1.54, 1.807) is 0 Å². The van der Waals surface area contributed by atoms with Crippen LogP contribution in [0.5, 0.6) is 0 Å². The van der Waals surface area contributed by atoms with E-state index in [-0.39, 0.29) is 29.9 Å². The van der Waals surface area contributed by atoms with Gasteiger partial charge in [-0.3, -0.25) is 19.4 Å². The van der Waals surface area contributed by atoms with E-state index in [2.05, 4.69) is 146 Å². The fourth-order valence-corrected chi connectivity index (χ4v) is 11.8. The topological polar surface area (TPSA) is 111 Å². The Labute approximate surface area is 401 Å². The van der Waals surface area contributed by atoms with Crippen LogP contribution >= 0.6 is 0 Å². The van der Waals surface area contributed by atoms with Crippen molar-refractivity contribution >= 4 is 11.8 Å². The van der Waals surface area contributed by atoms with Gasteiger partial charge in [0, 0.05) is 78.0 Å². The van der Waals surface area contributed by atoms with E-state index in [4.69, 9.17) is 9.97 Å². The summed E-state index contributed by atoms with van der Waals surface area (Å²) in [7, 11) is 4.37. The van der Waals surface area contributed by atoms with Crippen molar-refractivity contribution in [2.45, 2.75) is 76.2 Å². The molecule has 11 rings (SSSR count). The fourth-order valence-electron chi connectivity index (χ4n) is 11.8. The summed E-state index contributed by atoms with van der Waals surface area (Å²) in [5.41, 5.74) is 11.1. The minimum absolute atomic E-state index is 0.0198. The second kappa shape index (κ2) is 19.6. The molecule has 0 spiro atoms. The Bertz CT molecular complexity index is 2690. The molecule has 12 nitrogen and oxygen atoms in total. The van der Waals surface area contributed by atoms with Crippen LogP contribution in [0.1, 0.15) is 78.1 Å². The molecule has 5 fully saturated rings. The molecular formula is C56H66N10O2. The largest absolute Gasteiger partial charge is 0.340 e. The van der Waals surface area contributed by atoms with Crippen LogP contribution < -0.4 is 0 Å². The molecular weight excluding hydrogens is 845 g/mol. The SMILES string of the molecule is CN1CCN(Cc2ccccc2CC(=O)N2CCC[C@H]2c2ncc(-c3ccc(-c4ccc(-c5cnc([C@H]6[C@H]7CC[C@@H](C7)N6C(=O)Cc6ccccc6CN6CCN(C)CC6)[nH]5)cc4)cc3)[nH]2)CC1. The quantitative estimate of drug-likeness (QED) is 0.121. The molecule has 4 aliphatic heterocycles. The number of carbonyl (C=O) groups is 2. The lowest BCUT2D eigenvalue weighted by molar-refractivity contribution is -0.135. The standard InChI is InChI=1S/C56H66N10O2/c1-61-24-28-63(29-25-61)37-46-10-5-3-8-43(46)33-52(67)65-23-7-12-51(65)55-57-35-49(59-55)41-17-13-39(14-18-41)40-15-19-42(20-16-40)50-36-58-56(60-50)54-45-21-22-48(32-45)66(54)53(68)34-44-9-4-6-11-47(44)38-64-30-26-62(2)27-31-64/h3-6,8-11,13-20,35-36,45,48,51,54H,7,12,21-34,37-38H2,1-2H3,(H,57,59)(H,58,60)/t45-,48-,51-,54+/m0/s1. The highest BCUT2D eigenvalue weighted by Gasteiger charge is 2.49. The summed E-state index contributed by atoms with van der Waals surface area (Å²) < 4.78 is 0. The van der Waals surface area contributed by atoms with Gasteiger partial charge in [-0.05, 0) is 96.6 Å². The van der Waals surface area contributed by atoms with Crippen LogP contribution in [-0.4, -0.2) is 140 Å². The zero-order valence-corrected chi connectivity index (χ0v) is 39.8. The smallest absolute Gasteiger partial charge is 0.227 e. The van der Waals surface area contributed by atoms with Crippen molar-refractivity contribution in [2.75, 3.05) is 73.0 Å². The molecule has 5 aliphatic rings.